The molecule has 25 heavy (non-hydrogen) atoms. The van der Waals surface area contributed by atoms with Crippen molar-refractivity contribution in [2.24, 2.45) is 11.8 Å². The van der Waals surface area contributed by atoms with E-state index in [9.17, 15) is 13.5 Å². The molecular weight excluding hydrogens is 430 g/mol. The molecule has 0 bridgehead atoms. The zero-order valence-electron chi connectivity index (χ0n) is 13.2. The van der Waals surface area contributed by atoms with Gasteiger partial charge in [-0.05, 0) is 49.7 Å². The fraction of sp³-hybridized carbons (Fsp3) is 0.438. The highest BCUT2D eigenvalue weighted by molar-refractivity contribution is 9.10. The number of phenols is 1. The molecule has 1 aromatic heterocycles. The molecule has 2 aliphatic carbocycles. The van der Waals surface area contributed by atoms with Crippen LogP contribution in [-0.2, 0) is 10.0 Å². The Bertz CT molecular complexity index is 911. The minimum absolute atomic E-state index is 0.0391. The zero-order valence-corrected chi connectivity index (χ0v) is 16.4. The first-order valence-corrected chi connectivity index (χ1v) is 10.7. The lowest BCUT2D eigenvalue weighted by molar-refractivity contribution is 0.394. The maximum Gasteiger partial charge on any atom is 0.266 e. The second-order valence-corrected chi connectivity index (χ2v) is 9.69. The summed E-state index contributed by atoms with van der Waals surface area (Å²) in [5.74, 6) is 1.12. The van der Waals surface area contributed by atoms with E-state index in [0.29, 0.717) is 22.4 Å². The monoisotopic (exact) mass is 445 g/mol. The molecule has 2 aromatic rings. The van der Waals surface area contributed by atoms with Crippen LogP contribution in [0.25, 0.3) is 0 Å². The number of benzene rings is 1. The van der Waals surface area contributed by atoms with Gasteiger partial charge < -0.3 is 9.67 Å². The maximum atomic E-state index is 12.6. The average Bonchev–Trinajstić information content (AvgIpc) is 3.44. The molecule has 134 valence electrons. The van der Waals surface area contributed by atoms with Gasteiger partial charge in [0, 0.05) is 16.7 Å². The van der Waals surface area contributed by atoms with E-state index in [1.54, 1.807) is 12.5 Å². The van der Waals surface area contributed by atoms with Crippen molar-refractivity contribution in [1.29, 1.82) is 0 Å². The van der Waals surface area contributed by atoms with Crippen LogP contribution in [0.1, 0.15) is 31.7 Å². The third kappa shape index (κ3) is 3.52. The summed E-state index contributed by atoms with van der Waals surface area (Å²) in [6.07, 6.45) is 8.33. The van der Waals surface area contributed by atoms with E-state index in [4.69, 9.17) is 11.6 Å². The Morgan fingerprint density at radius 3 is 2.52 bits per heavy atom. The second-order valence-electron chi connectivity index (χ2n) is 6.71. The molecule has 0 saturated heterocycles. The number of nitrogens with zero attached hydrogens (tertiary/aromatic N) is 2. The van der Waals surface area contributed by atoms with Crippen LogP contribution in [0.15, 0.2) is 34.0 Å². The number of imidazole rings is 1. The molecule has 0 atom stereocenters. The normalized spacial score (nSPS) is 17.9. The summed E-state index contributed by atoms with van der Waals surface area (Å²) in [5, 5.41) is 9.95. The molecule has 2 N–H and O–H groups in total. The van der Waals surface area contributed by atoms with Crippen LogP contribution < -0.4 is 4.72 Å². The van der Waals surface area contributed by atoms with E-state index in [1.165, 1.54) is 37.8 Å². The van der Waals surface area contributed by atoms with Crippen molar-refractivity contribution in [2.45, 2.75) is 36.6 Å². The van der Waals surface area contributed by atoms with Crippen molar-refractivity contribution in [3.8, 4) is 5.75 Å². The highest BCUT2D eigenvalue weighted by Gasteiger charge is 2.42. The van der Waals surface area contributed by atoms with E-state index < -0.39 is 15.8 Å². The van der Waals surface area contributed by atoms with Gasteiger partial charge in [-0.3, -0.25) is 4.72 Å². The summed E-state index contributed by atoms with van der Waals surface area (Å²) in [5.41, 5.74) is 0. The van der Waals surface area contributed by atoms with Crippen molar-refractivity contribution in [1.82, 2.24) is 9.55 Å². The number of rotatable bonds is 6. The quantitative estimate of drug-likeness (QED) is 0.697. The number of aromatic hydroxyl groups is 1. The van der Waals surface area contributed by atoms with Crippen LogP contribution in [0.4, 0.5) is 5.82 Å². The van der Waals surface area contributed by atoms with Gasteiger partial charge in [0.25, 0.3) is 10.0 Å². The van der Waals surface area contributed by atoms with Crippen LogP contribution in [0.2, 0.25) is 5.02 Å². The molecule has 0 amide bonds. The Morgan fingerprint density at radius 1 is 1.28 bits per heavy atom. The Labute approximate surface area is 159 Å². The Kier molecular flexibility index (Phi) is 4.24. The third-order valence-electron chi connectivity index (χ3n) is 4.68. The molecule has 6 nitrogen and oxygen atoms in total. The van der Waals surface area contributed by atoms with Gasteiger partial charge in [0.05, 0.1) is 11.3 Å². The number of hydrogen-bond donors (Lipinski definition) is 2. The van der Waals surface area contributed by atoms with Crippen LogP contribution in [0, 0.1) is 11.8 Å². The van der Waals surface area contributed by atoms with Gasteiger partial charge in [-0.1, -0.05) is 27.5 Å². The summed E-state index contributed by atoms with van der Waals surface area (Å²) in [4.78, 5) is 3.90. The van der Waals surface area contributed by atoms with Crippen LogP contribution in [0.5, 0.6) is 5.75 Å². The minimum atomic E-state index is -4.00. The van der Waals surface area contributed by atoms with E-state index in [2.05, 4.69) is 25.6 Å². The Morgan fingerprint density at radius 2 is 1.92 bits per heavy atom. The predicted molar refractivity (Wildman–Crippen MR) is 98.3 cm³/mol. The lowest BCUT2D eigenvalue weighted by atomic mass is 10.1. The number of aromatic nitrogens is 2. The molecule has 2 fully saturated rings. The SMILES string of the molecule is O=S(=O)(Nc1cn(C(C2CC2)C2CC2)cn1)c1cc(Br)cc(Cl)c1O. The summed E-state index contributed by atoms with van der Waals surface area (Å²) < 4.78 is 30.1. The van der Waals surface area contributed by atoms with Crippen molar-refractivity contribution < 1.29 is 13.5 Å². The van der Waals surface area contributed by atoms with Gasteiger partial charge in [-0.2, -0.15) is 0 Å². The van der Waals surface area contributed by atoms with Gasteiger partial charge in [0.15, 0.2) is 11.6 Å². The fourth-order valence-electron chi connectivity index (χ4n) is 3.24. The molecule has 1 heterocycles. The van der Waals surface area contributed by atoms with Crippen LogP contribution in [0.3, 0.4) is 0 Å². The lowest BCUT2D eigenvalue weighted by Crippen LogP contribution is -2.14. The lowest BCUT2D eigenvalue weighted by Gasteiger charge is -2.16. The van der Waals surface area contributed by atoms with E-state index in [0.717, 1.165) is 0 Å². The summed E-state index contributed by atoms with van der Waals surface area (Å²) in [6, 6.07) is 3.15. The van der Waals surface area contributed by atoms with Crippen molar-refractivity contribution in [3.63, 3.8) is 0 Å². The Hall–Kier alpha value is -1.25. The molecule has 0 spiro atoms. The minimum Gasteiger partial charge on any atom is -0.505 e. The molecule has 2 saturated carbocycles. The second kappa shape index (κ2) is 6.17. The number of anilines is 1. The number of hydrogen-bond acceptors (Lipinski definition) is 4. The topological polar surface area (TPSA) is 84.2 Å². The number of halogens is 2. The van der Waals surface area contributed by atoms with E-state index in [-0.39, 0.29) is 15.7 Å². The molecule has 1 aromatic carbocycles. The molecule has 4 rings (SSSR count). The van der Waals surface area contributed by atoms with Gasteiger partial charge in [-0.25, -0.2) is 13.4 Å². The first kappa shape index (κ1) is 17.2. The largest absolute Gasteiger partial charge is 0.505 e. The van der Waals surface area contributed by atoms with Gasteiger partial charge >= 0.3 is 0 Å². The number of sulfonamides is 1. The highest BCUT2D eigenvalue weighted by Crippen LogP contribution is 2.52. The molecule has 0 radical (unpaired) electrons. The molecule has 0 unspecified atom stereocenters. The number of phenolic OH excluding ortho intramolecular Hbond substituents is 1. The van der Waals surface area contributed by atoms with Gasteiger partial charge in [0.1, 0.15) is 4.90 Å². The third-order valence-corrected chi connectivity index (χ3v) is 6.79. The standard InChI is InChI=1S/C16H17BrClN3O3S/c17-11-5-12(18)16(22)13(6-11)25(23,24)20-14-7-21(8-19-14)15(9-1-2-9)10-3-4-10/h5-10,15,20,22H,1-4H2. The van der Waals surface area contributed by atoms with E-state index >= 15 is 0 Å². The van der Waals surface area contributed by atoms with Crippen molar-refractivity contribution in [2.75, 3.05) is 4.72 Å². The summed E-state index contributed by atoms with van der Waals surface area (Å²) >= 11 is 9.05. The fourth-order valence-corrected chi connectivity index (χ4v) is 5.39. The van der Waals surface area contributed by atoms with Crippen molar-refractivity contribution in [3.05, 3.63) is 34.2 Å². The molecular formula is C16H17BrClN3O3S. The predicted octanol–water partition coefficient (Wildman–Crippen LogP) is 4.17. The van der Waals surface area contributed by atoms with E-state index in [1.807, 2.05) is 4.57 Å². The molecule has 9 heteroatoms. The highest BCUT2D eigenvalue weighted by atomic mass is 79.9. The first-order valence-electron chi connectivity index (χ1n) is 8.09. The average molecular weight is 447 g/mol. The Balaban J connectivity index is 1.59. The van der Waals surface area contributed by atoms with Crippen LogP contribution in [-0.4, -0.2) is 23.1 Å². The molecule has 0 aliphatic heterocycles. The maximum absolute atomic E-state index is 12.6. The first-order chi connectivity index (χ1) is 11.8. The van der Waals surface area contributed by atoms with Gasteiger partial charge in [0.2, 0.25) is 0 Å². The molecule has 2 aliphatic rings. The summed E-state index contributed by atoms with van der Waals surface area (Å²) in [7, 11) is -4.00. The van der Waals surface area contributed by atoms with Crippen molar-refractivity contribution >= 4 is 43.4 Å². The number of nitrogens with one attached hydrogen (secondary N) is 1. The van der Waals surface area contributed by atoms with Gasteiger partial charge in [-0.15, -0.1) is 0 Å². The van der Waals surface area contributed by atoms with Crippen LogP contribution >= 0.6 is 27.5 Å². The summed E-state index contributed by atoms with van der Waals surface area (Å²) in [6.45, 7) is 0. The smallest absolute Gasteiger partial charge is 0.266 e. The zero-order chi connectivity index (χ0) is 17.8.